The van der Waals surface area contributed by atoms with E-state index in [-0.39, 0.29) is 24.4 Å². The second-order valence-corrected chi connectivity index (χ2v) is 6.06. The summed E-state index contributed by atoms with van der Waals surface area (Å²) in [5.41, 5.74) is 10.2. The van der Waals surface area contributed by atoms with Crippen molar-refractivity contribution in [1.82, 2.24) is 9.88 Å². The molecule has 0 fully saturated rings. The highest BCUT2D eigenvalue weighted by Gasteiger charge is 2.13. The second-order valence-electron chi connectivity index (χ2n) is 6.06. The van der Waals surface area contributed by atoms with Crippen molar-refractivity contribution in [3.05, 3.63) is 58.9 Å². The number of carbonyl (C=O) groups excluding carboxylic acids is 1. The third-order valence-corrected chi connectivity index (χ3v) is 4.12. The van der Waals surface area contributed by atoms with E-state index in [4.69, 9.17) is 5.73 Å². The monoisotopic (exact) mass is 335 g/mol. The first-order valence-corrected chi connectivity index (χ1v) is 7.66. The topological polar surface area (TPSA) is 60.1 Å². The van der Waals surface area contributed by atoms with E-state index in [2.05, 4.69) is 31.3 Å². The molecule has 0 spiro atoms. The van der Waals surface area contributed by atoms with Crippen molar-refractivity contribution in [2.45, 2.75) is 32.7 Å². The van der Waals surface area contributed by atoms with Gasteiger partial charge in [0.15, 0.2) is 0 Å². The van der Waals surface area contributed by atoms with Gasteiger partial charge in [0.05, 0.1) is 0 Å². The number of nitrogens with two attached hydrogens (primary N) is 1. The average molecular weight is 336 g/mol. The Kier molecular flexibility index (Phi) is 6.85. The van der Waals surface area contributed by atoms with Crippen LogP contribution in [0.5, 0.6) is 0 Å². The summed E-state index contributed by atoms with van der Waals surface area (Å²) in [6.07, 6.45) is 0. The minimum Gasteiger partial charge on any atom is -0.349 e. The molecule has 0 bridgehead atoms. The molecule has 1 heterocycles. The maximum Gasteiger partial charge on any atom is 0.267 e. The summed E-state index contributed by atoms with van der Waals surface area (Å²) >= 11 is 0. The predicted octanol–water partition coefficient (Wildman–Crippen LogP) is 3.31. The van der Waals surface area contributed by atoms with Crippen molar-refractivity contribution in [3.63, 3.8) is 0 Å². The smallest absolute Gasteiger partial charge is 0.267 e. The Hall–Kier alpha value is -1.78. The van der Waals surface area contributed by atoms with Gasteiger partial charge in [0.2, 0.25) is 0 Å². The Morgan fingerprint density at radius 1 is 1.13 bits per heavy atom. The number of carbonyl (C=O) groups is 1. The van der Waals surface area contributed by atoms with Crippen LogP contribution in [0.15, 0.2) is 36.4 Å². The standard InChI is InChI=1S/C18H25N3O.ClH/c1-12(2)14-6-8-15(9-7-14)16(19)11-20-18(22)17-10-5-13(3)21(17)4;/h5-10,12,16H,11,19H2,1-4H3,(H,20,22);1H. The molecule has 0 aliphatic rings. The zero-order valence-electron chi connectivity index (χ0n) is 14.2. The van der Waals surface area contributed by atoms with Crippen molar-refractivity contribution < 1.29 is 4.79 Å². The maximum absolute atomic E-state index is 12.2. The molecule has 0 aliphatic carbocycles. The summed E-state index contributed by atoms with van der Waals surface area (Å²) in [7, 11) is 1.88. The van der Waals surface area contributed by atoms with Crippen molar-refractivity contribution in [2.24, 2.45) is 12.8 Å². The molecule has 126 valence electrons. The Balaban J connectivity index is 0.00000264. The third kappa shape index (κ3) is 4.60. The van der Waals surface area contributed by atoms with Gasteiger partial charge in [-0.3, -0.25) is 4.79 Å². The maximum atomic E-state index is 12.2. The summed E-state index contributed by atoms with van der Waals surface area (Å²) in [6, 6.07) is 11.8. The second kappa shape index (κ2) is 8.18. The van der Waals surface area contributed by atoms with Gasteiger partial charge >= 0.3 is 0 Å². The Bertz CT molecular complexity index is 647. The molecule has 1 atom stereocenters. The van der Waals surface area contributed by atoms with E-state index >= 15 is 0 Å². The van der Waals surface area contributed by atoms with Crippen molar-refractivity contribution in [2.75, 3.05) is 6.54 Å². The lowest BCUT2D eigenvalue weighted by Crippen LogP contribution is -2.32. The van der Waals surface area contributed by atoms with Crippen LogP contribution < -0.4 is 11.1 Å². The lowest BCUT2D eigenvalue weighted by atomic mass is 9.99. The number of benzene rings is 1. The summed E-state index contributed by atoms with van der Waals surface area (Å²) in [5.74, 6) is 0.412. The van der Waals surface area contributed by atoms with Crippen molar-refractivity contribution >= 4 is 18.3 Å². The highest BCUT2D eigenvalue weighted by Crippen LogP contribution is 2.17. The van der Waals surface area contributed by atoms with Crippen LogP contribution in [-0.2, 0) is 7.05 Å². The molecular weight excluding hydrogens is 310 g/mol. The molecule has 1 aromatic heterocycles. The molecule has 1 amide bonds. The van der Waals surface area contributed by atoms with Gasteiger partial charge in [-0.1, -0.05) is 38.1 Å². The van der Waals surface area contributed by atoms with E-state index in [0.717, 1.165) is 11.3 Å². The molecule has 1 unspecified atom stereocenters. The number of hydrogen-bond acceptors (Lipinski definition) is 2. The van der Waals surface area contributed by atoms with Gasteiger partial charge in [-0.25, -0.2) is 0 Å². The molecule has 5 heteroatoms. The van der Waals surface area contributed by atoms with E-state index in [9.17, 15) is 4.79 Å². The first-order chi connectivity index (χ1) is 10.4. The summed E-state index contributed by atoms with van der Waals surface area (Å²) in [6.45, 7) is 6.72. The number of nitrogens with one attached hydrogen (secondary N) is 1. The number of amides is 1. The Morgan fingerprint density at radius 2 is 1.70 bits per heavy atom. The fourth-order valence-corrected chi connectivity index (χ4v) is 2.38. The van der Waals surface area contributed by atoms with E-state index in [1.54, 1.807) is 0 Å². The molecule has 3 N–H and O–H groups in total. The van der Waals surface area contributed by atoms with Gasteiger partial charge in [0, 0.05) is 25.3 Å². The Labute approximate surface area is 144 Å². The lowest BCUT2D eigenvalue weighted by molar-refractivity contribution is 0.0943. The van der Waals surface area contributed by atoms with E-state index < -0.39 is 0 Å². The summed E-state index contributed by atoms with van der Waals surface area (Å²) < 4.78 is 1.87. The lowest BCUT2D eigenvalue weighted by Gasteiger charge is -2.15. The fraction of sp³-hybridized carbons (Fsp3) is 0.389. The highest BCUT2D eigenvalue weighted by atomic mass is 35.5. The van der Waals surface area contributed by atoms with Crippen molar-refractivity contribution in [3.8, 4) is 0 Å². The molecule has 0 saturated carbocycles. The van der Waals surface area contributed by atoms with E-state index in [0.29, 0.717) is 18.2 Å². The number of aryl methyl sites for hydroxylation is 1. The summed E-state index contributed by atoms with van der Waals surface area (Å²) in [5, 5.41) is 2.90. The Morgan fingerprint density at radius 3 is 2.17 bits per heavy atom. The number of nitrogens with zero attached hydrogens (tertiary/aromatic N) is 1. The minimum absolute atomic E-state index is 0. The van der Waals surface area contributed by atoms with Gasteiger partial charge in [0.1, 0.15) is 5.69 Å². The van der Waals surface area contributed by atoms with Gasteiger partial charge < -0.3 is 15.6 Å². The fourth-order valence-electron chi connectivity index (χ4n) is 2.38. The molecular formula is C18H26ClN3O. The quantitative estimate of drug-likeness (QED) is 0.880. The van der Waals surface area contributed by atoms with Crippen molar-refractivity contribution in [1.29, 1.82) is 0 Å². The normalized spacial score (nSPS) is 11.9. The number of hydrogen-bond donors (Lipinski definition) is 2. The van der Waals surface area contributed by atoms with Gasteiger partial charge in [-0.05, 0) is 36.1 Å². The van der Waals surface area contributed by atoms with Crippen LogP contribution in [0, 0.1) is 6.92 Å². The third-order valence-electron chi connectivity index (χ3n) is 4.12. The molecule has 2 aromatic rings. The van der Waals surface area contributed by atoms with Crippen LogP contribution in [0.4, 0.5) is 0 Å². The minimum atomic E-state index is -0.202. The number of halogens is 1. The molecule has 0 aliphatic heterocycles. The first-order valence-electron chi connectivity index (χ1n) is 7.66. The van der Waals surface area contributed by atoms with Crippen LogP contribution in [-0.4, -0.2) is 17.0 Å². The van der Waals surface area contributed by atoms with Crippen LogP contribution in [0.25, 0.3) is 0 Å². The van der Waals surface area contributed by atoms with Gasteiger partial charge in [-0.15, -0.1) is 12.4 Å². The van der Waals surface area contributed by atoms with E-state index in [1.807, 2.05) is 42.8 Å². The van der Waals surface area contributed by atoms with Crippen LogP contribution in [0.2, 0.25) is 0 Å². The largest absolute Gasteiger partial charge is 0.349 e. The number of aromatic nitrogens is 1. The van der Waals surface area contributed by atoms with Crippen LogP contribution >= 0.6 is 12.4 Å². The molecule has 23 heavy (non-hydrogen) atoms. The van der Waals surface area contributed by atoms with Gasteiger partial charge in [0.25, 0.3) is 5.91 Å². The molecule has 4 nitrogen and oxygen atoms in total. The zero-order valence-corrected chi connectivity index (χ0v) is 15.0. The molecule has 2 rings (SSSR count). The van der Waals surface area contributed by atoms with Crippen LogP contribution in [0.3, 0.4) is 0 Å². The molecule has 0 radical (unpaired) electrons. The van der Waals surface area contributed by atoms with Gasteiger partial charge in [-0.2, -0.15) is 0 Å². The van der Waals surface area contributed by atoms with Crippen LogP contribution in [0.1, 0.15) is 53.1 Å². The average Bonchev–Trinajstić information content (AvgIpc) is 2.84. The first kappa shape index (κ1) is 19.3. The predicted molar refractivity (Wildman–Crippen MR) is 97.2 cm³/mol. The van der Waals surface area contributed by atoms with E-state index in [1.165, 1.54) is 5.56 Å². The molecule has 1 aromatic carbocycles. The molecule has 0 saturated heterocycles. The SMILES string of the molecule is Cc1ccc(C(=O)NCC(N)c2ccc(C(C)C)cc2)n1C.Cl. The zero-order chi connectivity index (χ0) is 16.3. The number of rotatable bonds is 5. The summed E-state index contributed by atoms with van der Waals surface area (Å²) in [4.78, 5) is 12.2. The highest BCUT2D eigenvalue weighted by molar-refractivity contribution is 5.92.